The van der Waals surface area contributed by atoms with Gasteiger partial charge in [0, 0.05) is 17.3 Å². The molecule has 118 valence electrons. The lowest BCUT2D eigenvalue weighted by atomic mass is 9.89. The fourth-order valence-electron chi connectivity index (χ4n) is 2.61. The first kappa shape index (κ1) is 16.0. The molecule has 1 aliphatic carbocycles. The van der Waals surface area contributed by atoms with Crippen LogP contribution in [0.1, 0.15) is 29.3 Å². The molecule has 0 bridgehead atoms. The molecule has 1 atom stereocenters. The molecule has 23 heavy (non-hydrogen) atoms. The number of rotatable bonds is 4. The molecule has 0 saturated heterocycles. The minimum atomic E-state index is -0.134. The molecule has 0 spiro atoms. The van der Waals surface area contributed by atoms with E-state index in [0.717, 1.165) is 24.8 Å². The molecule has 2 aromatic heterocycles. The van der Waals surface area contributed by atoms with Crippen molar-refractivity contribution in [2.45, 2.75) is 31.3 Å². The molecule has 1 N–H and O–H groups in total. The van der Waals surface area contributed by atoms with Gasteiger partial charge in [0.25, 0.3) is 0 Å². The zero-order chi connectivity index (χ0) is 16.2. The molecule has 2 aromatic rings. The van der Waals surface area contributed by atoms with Gasteiger partial charge in [-0.1, -0.05) is 18.7 Å². The second-order valence-corrected chi connectivity index (χ2v) is 7.58. The number of aromatic nitrogens is 2. The first-order valence-electron chi connectivity index (χ1n) is 7.41. The Morgan fingerprint density at radius 3 is 3.04 bits per heavy atom. The monoisotopic (exact) mass is 344 g/mol. The lowest BCUT2D eigenvalue weighted by Gasteiger charge is -2.17. The van der Waals surface area contributed by atoms with Crippen LogP contribution in [0.2, 0.25) is 0 Å². The highest BCUT2D eigenvalue weighted by atomic mass is 32.2. The molecule has 0 saturated carbocycles. The molecule has 0 aliphatic heterocycles. The van der Waals surface area contributed by atoms with E-state index in [9.17, 15) is 10.1 Å². The highest BCUT2D eigenvalue weighted by Gasteiger charge is 2.24. The first-order chi connectivity index (χ1) is 11.2. The van der Waals surface area contributed by atoms with Crippen LogP contribution >= 0.6 is 23.1 Å². The van der Waals surface area contributed by atoms with Crippen LogP contribution in [0.5, 0.6) is 0 Å². The summed E-state index contributed by atoms with van der Waals surface area (Å²) in [7, 11) is 0. The highest BCUT2D eigenvalue weighted by molar-refractivity contribution is 7.99. The van der Waals surface area contributed by atoms with E-state index in [4.69, 9.17) is 0 Å². The summed E-state index contributed by atoms with van der Waals surface area (Å²) in [4.78, 5) is 21.5. The van der Waals surface area contributed by atoms with Crippen LogP contribution in [0, 0.1) is 17.2 Å². The van der Waals surface area contributed by atoms with E-state index in [2.05, 4.69) is 28.3 Å². The summed E-state index contributed by atoms with van der Waals surface area (Å²) < 4.78 is 0. The smallest absolute Gasteiger partial charge is 0.235 e. The first-order valence-corrected chi connectivity index (χ1v) is 9.22. The third-order valence-electron chi connectivity index (χ3n) is 3.75. The van der Waals surface area contributed by atoms with Crippen LogP contribution in [0.3, 0.4) is 0 Å². The van der Waals surface area contributed by atoms with Crippen molar-refractivity contribution in [1.29, 1.82) is 5.26 Å². The predicted octanol–water partition coefficient (Wildman–Crippen LogP) is 3.27. The molecule has 0 radical (unpaired) electrons. The number of thiophene rings is 1. The van der Waals surface area contributed by atoms with E-state index in [1.165, 1.54) is 16.6 Å². The van der Waals surface area contributed by atoms with E-state index < -0.39 is 0 Å². The van der Waals surface area contributed by atoms with E-state index in [1.807, 2.05) is 0 Å². The van der Waals surface area contributed by atoms with Gasteiger partial charge >= 0.3 is 0 Å². The number of carbonyl (C=O) groups excluding carboxylic acids is 1. The third kappa shape index (κ3) is 3.71. The molecule has 7 heteroatoms. The van der Waals surface area contributed by atoms with Crippen LogP contribution in [0.4, 0.5) is 5.00 Å². The van der Waals surface area contributed by atoms with Crippen molar-refractivity contribution in [2.24, 2.45) is 5.92 Å². The molecule has 0 fully saturated rings. The van der Waals surface area contributed by atoms with Crippen molar-refractivity contribution < 1.29 is 4.79 Å². The van der Waals surface area contributed by atoms with Crippen LogP contribution in [0.25, 0.3) is 0 Å². The molecule has 3 rings (SSSR count). The molecule has 1 amide bonds. The lowest BCUT2D eigenvalue weighted by molar-refractivity contribution is -0.113. The Morgan fingerprint density at radius 2 is 2.30 bits per heavy atom. The fourth-order valence-corrected chi connectivity index (χ4v) is 4.59. The lowest BCUT2D eigenvalue weighted by Crippen LogP contribution is -2.14. The summed E-state index contributed by atoms with van der Waals surface area (Å²) in [6.07, 6.45) is 6.33. The maximum absolute atomic E-state index is 12.1. The van der Waals surface area contributed by atoms with Gasteiger partial charge < -0.3 is 5.32 Å². The van der Waals surface area contributed by atoms with Crippen LogP contribution in [-0.2, 0) is 17.6 Å². The zero-order valence-electron chi connectivity index (χ0n) is 12.7. The number of hydrogen-bond acceptors (Lipinski definition) is 6. The maximum Gasteiger partial charge on any atom is 0.235 e. The van der Waals surface area contributed by atoms with Crippen molar-refractivity contribution in [3.63, 3.8) is 0 Å². The van der Waals surface area contributed by atoms with E-state index in [1.54, 1.807) is 29.8 Å². The van der Waals surface area contributed by atoms with Crippen molar-refractivity contribution in [3.8, 4) is 6.07 Å². The second kappa shape index (κ2) is 7.11. The summed E-state index contributed by atoms with van der Waals surface area (Å²) in [5, 5.41) is 13.6. The quantitative estimate of drug-likeness (QED) is 0.680. The number of thioether (sulfide) groups is 1. The normalized spacial score (nSPS) is 16.4. The molecular weight excluding hydrogens is 328 g/mol. The molecule has 1 aliphatic rings. The van der Waals surface area contributed by atoms with Crippen molar-refractivity contribution in [1.82, 2.24) is 9.97 Å². The zero-order valence-corrected chi connectivity index (χ0v) is 14.3. The Hall–Kier alpha value is -1.91. The predicted molar refractivity (Wildman–Crippen MR) is 91.6 cm³/mol. The Bertz CT molecular complexity index is 751. The van der Waals surface area contributed by atoms with Gasteiger partial charge in [-0.15, -0.1) is 11.3 Å². The third-order valence-corrected chi connectivity index (χ3v) is 5.80. The Kier molecular flexibility index (Phi) is 4.94. The largest absolute Gasteiger partial charge is 0.316 e. The van der Waals surface area contributed by atoms with E-state index in [-0.39, 0.29) is 11.7 Å². The molecular formula is C16H16N4OS2. The highest BCUT2D eigenvalue weighted by Crippen LogP contribution is 2.39. The standard InChI is InChI=1S/C16H16N4OS2/c1-10-3-4-11-12(8-17)15(23-13(11)7-10)20-14(21)9-22-16-18-5-2-6-19-16/h2,5-6,10H,3-4,7,9H2,1H3,(H,20,21)/t10-/m1/s1. The summed E-state index contributed by atoms with van der Waals surface area (Å²) in [6, 6.07) is 4.00. The van der Waals surface area contributed by atoms with Crippen molar-refractivity contribution >= 4 is 34.0 Å². The Morgan fingerprint density at radius 1 is 1.52 bits per heavy atom. The molecule has 0 unspecified atom stereocenters. The number of fused-ring (bicyclic) bond motifs is 1. The topological polar surface area (TPSA) is 78.7 Å². The SMILES string of the molecule is C[C@@H]1CCc2c(sc(NC(=O)CSc3ncccn3)c2C#N)C1. The summed E-state index contributed by atoms with van der Waals surface area (Å²) in [6.45, 7) is 2.23. The average Bonchev–Trinajstić information content (AvgIpc) is 2.89. The van der Waals surface area contributed by atoms with Gasteiger partial charge in [-0.3, -0.25) is 4.79 Å². The van der Waals surface area contributed by atoms with Crippen LogP contribution < -0.4 is 5.32 Å². The second-order valence-electron chi connectivity index (χ2n) is 5.54. The summed E-state index contributed by atoms with van der Waals surface area (Å²) in [5.41, 5.74) is 1.77. The van der Waals surface area contributed by atoms with Gasteiger partial charge in [0.15, 0.2) is 5.16 Å². The van der Waals surface area contributed by atoms with E-state index in [0.29, 0.717) is 21.6 Å². The van der Waals surface area contributed by atoms with Gasteiger partial charge in [0.1, 0.15) is 11.1 Å². The van der Waals surface area contributed by atoms with Crippen molar-refractivity contribution in [3.05, 3.63) is 34.5 Å². The number of amides is 1. The van der Waals surface area contributed by atoms with Crippen LogP contribution in [-0.4, -0.2) is 21.6 Å². The minimum absolute atomic E-state index is 0.134. The fraction of sp³-hybridized carbons (Fsp3) is 0.375. The maximum atomic E-state index is 12.1. The van der Waals surface area contributed by atoms with E-state index >= 15 is 0 Å². The van der Waals surface area contributed by atoms with Gasteiger partial charge in [0.05, 0.1) is 11.3 Å². The summed E-state index contributed by atoms with van der Waals surface area (Å²) in [5.74, 6) is 0.737. The minimum Gasteiger partial charge on any atom is -0.316 e. The number of nitrogens with one attached hydrogen (secondary N) is 1. The van der Waals surface area contributed by atoms with Gasteiger partial charge in [-0.2, -0.15) is 5.26 Å². The molecule has 2 heterocycles. The van der Waals surface area contributed by atoms with Crippen molar-refractivity contribution in [2.75, 3.05) is 11.1 Å². The number of anilines is 1. The number of hydrogen-bond donors (Lipinski definition) is 1. The number of nitrogens with zero attached hydrogens (tertiary/aromatic N) is 3. The Balaban J connectivity index is 1.68. The van der Waals surface area contributed by atoms with Gasteiger partial charge in [-0.05, 0) is 36.8 Å². The van der Waals surface area contributed by atoms with Gasteiger partial charge in [-0.25, -0.2) is 9.97 Å². The summed E-state index contributed by atoms with van der Waals surface area (Å²) >= 11 is 2.83. The molecule has 5 nitrogen and oxygen atoms in total. The number of nitriles is 1. The number of carbonyl (C=O) groups is 1. The average molecular weight is 344 g/mol. The Labute approximate surface area is 143 Å². The molecule has 0 aromatic carbocycles. The van der Waals surface area contributed by atoms with Crippen LogP contribution in [0.15, 0.2) is 23.6 Å². The van der Waals surface area contributed by atoms with Gasteiger partial charge in [0.2, 0.25) is 5.91 Å².